The van der Waals surface area contributed by atoms with Gasteiger partial charge in [-0.3, -0.25) is 4.79 Å². The van der Waals surface area contributed by atoms with E-state index in [0.29, 0.717) is 16.3 Å². The van der Waals surface area contributed by atoms with Gasteiger partial charge >= 0.3 is 5.97 Å². The first-order valence-electron chi connectivity index (χ1n) is 5.51. The Kier molecular flexibility index (Phi) is 3.86. The Morgan fingerprint density at radius 1 is 1.44 bits per heavy atom. The number of carbonyl (C=O) groups is 2. The zero-order valence-electron chi connectivity index (χ0n) is 9.48. The lowest BCUT2D eigenvalue weighted by molar-refractivity contribution is -0.123. The van der Waals surface area contributed by atoms with Crippen LogP contribution in [0.25, 0.3) is 0 Å². The summed E-state index contributed by atoms with van der Waals surface area (Å²) in [4.78, 5) is 22.3. The van der Waals surface area contributed by atoms with Gasteiger partial charge in [-0.1, -0.05) is 0 Å². The van der Waals surface area contributed by atoms with E-state index in [0.717, 1.165) is 12.8 Å². The maximum absolute atomic E-state index is 11.4. The Labute approximate surface area is 112 Å². The maximum Gasteiger partial charge on any atom is 0.336 e. The van der Waals surface area contributed by atoms with Crippen LogP contribution in [0.2, 0.25) is 0 Å². The molecule has 2 rings (SSSR count). The van der Waals surface area contributed by atoms with Crippen LogP contribution >= 0.6 is 15.9 Å². The number of carboxylic acids is 1. The average Bonchev–Trinajstić information content (AvgIpc) is 3.11. The van der Waals surface area contributed by atoms with Gasteiger partial charge in [0.05, 0.1) is 5.56 Å². The minimum Gasteiger partial charge on any atom is -0.484 e. The number of hydrogen-bond acceptors (Lipinski definition) is 3. The second-order valence-electron chi connectivity index (χ2n) is 4.08. The SMILES string of the molecule is O=C(COc1ccc(Br)c(C(=O)O)c1)NC1CC1. The number of carbonyl (C=O) groups excluding carboxylic acids is 1. The number of halogens is 1. The molecule has 1 fully saturated rings. The molecule has 0 aliphatic heterocycles. The van der Waals surface area contributed by atoms with Crippen molar-refractivity contribution in [1.29, 1.82) is 0 Å². The number of rotatable bonds is 5. The smallest absolute Gasteiger partial charge is 0.336 e. The van der Waals surface area contributed by atoms with Gasteiger partial charge in [-0.2, -0.15) is 0 Å². The van der Waals surface area contributed by atoms with E-state index < -0.39 is 5.97 Å². The van der Waals surface area contributed by atoms with E-state index in [-0.39, 0.29) is 18.1 Å². The molecule has 6 heteroatoms. The quantitative estimate of drug-likeness (QED) is 0.869. The molecular weight excluding hydrogens is 302 g/mol. The molecule has 0 radical (unpaired) electrons. The van der Waals surface area contributed by atoms with E-state index in [4.69, 9.17) is 9.84 Å². The van der Waals surface area contributed by atoms with E-state index in [1.807, 2.05) is 0 Å². The summed E-state index contributed by atoms with van der Waals surface area (Å²) in [5, 5.41) is 11.7. The highest BCUT2D eigenvalue weighted by atomic mass is 79.9. The summed E-state index contributed by atoms with van der Waals surface area (Å²) in [6, 6.07) is 4.87. The third kappa shape index (κ3) is 3.46. The van der Waals surface area contributed by atoms with Crippen molar-refractivity contribution < 1.29 is 19.4 Å². The first-order chi connectivity index (χ1) is 8.56. The predicted octanol–water partition coefficient (Wildman–Crippen LogP) is 1.80. The number of carboxylic acid groups (broad SMARTS) is 1. The van der Waals surface area contributed by atoms with E-state index >= 15 is 0 Å². The summed E-state index contributed by atoms with van der Waals surface area (Å²) < 4.78 is 5.72. The molecule has 1 aliphatic rings. The Bertz CT molecular complexity index is 485. The number of aromatic carboxylic acids is 1. The van der Waals surface area contributed by atoms with Crippen molar-refractivity contribution in [3.05, 3.63) is 28.2 Å². The third-order valence-electron chi connectivity index (χ3n) is 2.48. The van der Waals surface area contributed by atoms with E-state index in [1.54, 1.807) is 12.1 Å². The predicted molar refractivity (Wildman–Crippen MR) is 67.8 cm³/mol. The van der Waals surface area contributed by atoms with Crippen LogP contribution in [0.15, 0.2) is 22.7 Å². The van der Waals surface area contributed by atoms with Crippen LogP contribution in [0.3, 0.4) is 0 Å². The van der Waals surface area contributed by atoms with Crippen molar-refractivity contribution in [1.82, 2.24) is 5.32 Å². The minimum atomic E-state index is -1.05. The van der Waals surface area contributed by atoms with E-state index in [9.17, 15) is 9.59 Å². The molecule has 0 spiro atoms. The second kappa shape index (κ2) is 5.39. The summed E-state index contributed by atoms with van der Waals surface area (Å²) in [7, 11) is 0. The molecule has 0 unspecified atom stereocenters. The summed E-state index contributed by atoms with van der Waals surface area (Å²) in [5.74, 6) is -0.867. The number of amides is 1. The highest BCUT2D eigenvalue weighted by Gasteiger charge is 2.23. The maximum atomic E-state index is 11.4. The molecular formula is C12H12BrNO4. The van der Waals surface area contributed by atoms with Crippen molar-refractivity contribution in [2.45, 2.75) is 18.9 Å². The lowest BCUT2D eigenvalue weighted by Gasteiger charge is -2.08. The van der Waals surface area contributed by atoms with Crippen LogP contribution in [0.5, 0.6) is 5.75 Å². The van der Waals surface area contributed by atoms with Gasteiger partial charge in [0.15, 0.2) is 6.61 Å². The highest BCUT2D eigenvalue weighted by molar-refractivity contribution is 9.10. The Morgan fingerprint density at radius 3 is 2.78 bits per heavy atom. The molecule has 1 aromatic carbocycles. The standard InChI is InChI=1S/C12H12BrNO4/c13-10-4-3-8(5-9(10)12(16)17)18-6-11(15)14-7-1-2-7/h3-5,7H,1-2,6H2,(H,14,15)(H,16,17). The minimum absolute atomic E-state index is 0.100. The lowest BCUT2D eigenvalue weighted by Crippen LogP contribution is -2.30. The fraction of sp³-hybridized carbons (Fsp3) is 0.333. The van der Waals surface area contributed by atoms with Gasteiger partial charge in [-0.25, -0.2) is 4.79 Å². The van der Waals surface area contributed by atoms with E-state index in [1.165, 1.54) is 6.07 Å². The monoisotopic (exact) mass is 313 g/mol. The Balaban J connectivity index is 1.94. The molecule has 0 atom stereocenters. The van der Waals surface area contributed by atoms with Crippen LogP contribution in [0, 0.1) is 0 Å². The topological polar surface area (TPSA) is 75.6 Å². The first kappa shape index (κ1) is 12.9. The Hall–Kier alpha value is -1.56. The summed E-state index contributed by atoms with van der Waals surface area (Å²) in [6.07, 6.45) is 2.04. The van der Waals surface area contributed by atoms with Crippen molar-refractivity contribution in [3.63, 3.8) is 0 Å². The second-order valence-corrected chi connectivity index (χ2v) is 4.93. The largest absolute Gasteiger partial charge is 0.484 e. The highest BCUT2D eigenvalue weighted by Crippen LogP contribution is 2.23. The Morgan fingerprint density at radius 2 is 2.17 bits per heavy atom. The van der Waals surface area contributed by atoms with Crippen molar-refractivity contribution in [2.75, 3.05) is 6.61 Å². The molecule has 1 amide bonds. The fourth-order valence-corrected chi connectivity index (χ4v) is 1.82. The fourth-order valence-electron chi connectivity index (χ4n) is 1.40. The van der Waals surface area contributed by atoms with Crippen LogP contribution in [-0.4, -0.2) is 29.6 Å². The summed E-state index contributed by atoms with van der Waals surface area (Å²) >= 11 is 3.14. The molecule has 0 heterocycles. The molecule has 1 aliphatic carbocycles. The van der Waals surface area contributed by atoms with Gasteiger partial charge in [-0.05, 0) is 47.0 Å². The van der Waals surface area contributed by atoms with Crippen molar-refractivity contribution in [2.24, 2.45) is 0 Å². The van der Waals surface area contributed by atoms with Gasteiger partial charge in [0.25, 0.3) is 5.91 Å². The van der Waals surface area contributed by atoms with Crippen LogP contribution in [0.1, 0.15) is 23.2 Å². The van der Waals surface area contributed by atoms with Gasteiger partial charge < -0.3 is 15.2 Å². The van der Waals surface area contributed by atoms with Crippen LogP contribution in [-0.2, 0) is 4.79 Å². The zero-order chi connectivity index (χ0) is 13.1. The van der Waals surface area contributed by atoms with Crippen LogP contribution < -0.4 is 10.1 Å². The summed E-state index contributed by atoms with van der Waals surface area (Å²) in [6.45, 7) is -0.100. The lowest BCUT2D eigenvalue weighted by atomic mass is 10.2. The summed E-state index contributed by atoms with van der Waals surface area (Å²) in [5.41, 5.74) is 0.107. The average molecular weight is 314 g/mol. The molecule has 96 valence electrons. The first-order valence-corrected chi connectivity index (χ1v) is 6.30. The van der Waals surface area contributed by atoms with Gasteiger partial charge in [0, 0.05) is 10.5 Å². The third-order valence-corrected chi connectivity index (χ3v) is 3.17. The molecule has 0 bridgehead atoms. The zero-order valence-corrected chi connectivity index (χ0v) is 11.1. The molecule has 5 nitrogen and oxygen atoms in total. The van der Waals surface area contributed by atoms with Gasteiger partial charge in [0.2, 0.25) is 0 Å². The van der Waals surface area contributed by atoms with E-state index in [2.05, 4.69) is 21.2 Å². The molecule has 1 saturated carbocycles. The number of ether oxygens (including phenoxy) is 1. The van der Waals surface area contributed by atoms with Crippen molar-refractivity contribution in [3.8, 4) is 5.75 Å². The molecule has 2 N–H and O–H groups in total. The molecule has 18 heavy (non-hydrogen) atoms. The van der Waals surface area contributed by atoms with Crippen LogP contribution in [0.4, 0.5) is 0 Å². The number of nitrogens with one attached hydrogen (secondary N) is 1. The number of hydrogen-bond donors (Lipinski definition) is 2. The molecule has 1 aromatic rings. The normalized spacial score (nSPS) is 14.1. The van der Waals surface area contributed by atoms with Gasteiger partial charge in [0.1, 0.15) is 5.75 Å². The molecule has 0 saturated heterocycles. The number of benzene rings is 1. The van der Waals surface area contributed by atoms with Gasteiger partial charge in [-0.15, -0.1) is 0 Å². The molecule has 0 aromatic heterocycles. The van der Waals surface area contributed by atoms with Crippen molar-refractivity contribution >= 4 is 27.8 Å².